The maximum Gasteiger partial charge on any atom is 0.223 e. The first-order valence-electron chi connectivity index (χ1n) is 8.69. The number of hydrogen-bond acceptors (Lipinski definition) is 3. The average molecular weight is 339 g/mol. The van der Waals surface area contributed by atoms with E-state index in [9.17, 15) is 4.79 Å². The zero-order chi connectivity index (χ0) is 17.8. The van der Waals surface area contributed by atoms with Gasteiger partial charge in [0.25, 0.3) is 0 Å². The van der Waals surface area contributed by atoms with Crippen LogP contribution in [0.2, 0.25) is 0 Å². The van der Waals surface area contributed by atoms with Crippen molar-refractivity contribution >= 4 is 5.91 Å². The lowest BCUT2D eigenvalue weighted by molar-refractivity contribution is -0.132. The van der Waals surface area contributed by atoms with Gasteiger partial charge in [-0.1, -0.05) is 37.3 Å². The number of amides is 1. The minimum atomic E-state index is 0.205. The second-order valence-electron chi connectivity index (χ2n) is 6.56. The van der Waals surface area contributed by atoms with Gasteiger partial charge in [-0.25, -0.2) is 0 Å². The number of hydrogen-bond donors (Lipinski definition) is 0. The van der Waals surface area contributed by atoms with E-state index in [0.717, 1.165) is 24.3 Å². The van der Waals surface area contributed by atoms with Crippen LogP contribution in [0.15, 0.2) is 42.5 Å². The van der Waals surface area contributed by atoms with E-state index >= 15 is 0 Å². The Balaban J connectivity index is 1.70. The number of methoxy groups -OCH3 is 2. The van der Waals surface area contributed by atoms with E-state index in [2.05, 4.69) is 19.1 Å². The third kappa shape index (κ3) is 3.78. The van der Waals surface area contributed by atoms with Gasteiger partial charge in [0, 0.05) is 19.5 Å². The summed E-state index contributed by atoms with van der Waals surface area (Å²) in [7, 11) is 3.28. The Kier molecular flexibility index (Phi) is 5.27. The van der Waals surface area contributed by atoms with Gasteiger partial charge in [-0.3, -0.25) is 4.79 Å². The molecule has 0 radical (unpaired) electrons. The Morgan fingerprint density at radius 1 is 1.08 bits per heavy atom. The van der Waals surface area contributed by atoms with Crippen molar-refractivity contribution < 1.29 is 14.3 Å². The van der Waals surface area contributed by atoms with Crippen LogP contribution in [0.3, 0.4) is 0 Å². The van der Waals surface area contributed by atoms with Gasteiger partial charge < -0.3 is 14.4 Å². The maximum absolute atomic E-state index is 12.7. The summed E-state index contributed by atoms with van der Waals surface area (Å²) < 4.78 is 10.8. The monoisotopic (exact) mass is 339 g/mol. The van der Waals surface area contributed by atoms with Gasteiger partial charge in [0.15, 0.2) is 11.5 Å². The molecule has 0 aliphatic carbocycles. The predicted octanol–water partition coefficient (Wildman–Crippen LogP) is 3.78. The van der Waals surface area contributed by atoms with Crippen molar-refractivity contribution in [1.82, 2.24) is 4.90 Å². The highest BCUT2D eigenvalue weighted by Gasteiger charge is 2.24. The van der Waals surface area contributed by atoms with E-state index in [1.165, 1.54) is 11.1 Å². The van der Waals surface area contributed by atoms with E-state index in [-0.39, 0.29) is 11.8 Å². The Morgan fingerprint density at radius 2 is 1.72 bits per heavy atom. The molecule has 0 fully saturated rings. The Bertz CT molecular complexity index is 742. The number of benzene rings is 2. The summed E-state index contributed by atoms with van der Waals surface area (Å²) in [5, 5.41) is 0. The predicted molar refractivity (Wildman–Crippen MR) is 98.1 cm³/mol. The van der Waals surface area contributed by atoms with E-state index in [1.807, 2.05) is 35.2 Å². The van der Waals surface area contributed by atoms with Crippen LogP contribution in [0.25, 0.3) is 0 Å². The average Bonchev–Trinajstić information content (AvgIpc) is 2.66. The molecule has 1 atom stereocenters. The molecule has 0 bridgehead atoms. The largest absolute Gasteiger partial charge is 0.493 e. The highest BCUT2D eigenvalue weighted by atomic mass is 16.5. The molecule has 0 spiro atoms. The lowest BCUT2D eigenvalue weighted by Crippen LogP contribution is -2.36. The molecule has 1 aliphatic rings. The van der Waals surface area contributed by atoms with E-state index in [4.69, 9.17) is 9.47 Å². The Hall–Kier alpha value is -2.49. The summed E-state index contributed by atoms with van der Waals surface area (Å²) in [5.41, 5.74) is 3.59. The van der Waals surface area contributed by atoms with Crippen molar-refractivity contribution in [3.05, 3.63) is 59.2 Å². The van der Waals surface area contributed by atoms with Crippen LogP contribution < -0.4 is 9.47 Å². The van der Waals surface area contributed by atoms with E-state index < -0.39 is 0 Å². The van der Waals surface area contributed by atoms with Crippen LogP contribution in [0.1, 0.15) is 36.0 Å². The van der Waals surface area contributed by atoms with Crippen molar-refractivity contribution in [2.75, 3.05) is 20.8 Å². The summed E-state index contributed by atoms with van der Waals surface area (Å²) in [6.45, 7) is 3.50. The highest BCUT2D eigenvalue weighted by Crippen LogP contribution is 2.33. The molecule has 1 unspecified atom stereocenters. The summed E-state index contributed by atoms with van der Waals surface area (Å²) in [6, 6.07) is 14.2. The standard InChI is InChI=1S/C21H25NO3/c1-15(16-7-5-4-6-8-16)11-21(23)22-10-9-17-12-19(24-2)20(25-3)13-18(17)14-22/h4-8,12-13,15H,9-11,14H2,1-3H3. The van der Waals surface area contributed by atoms with Gasteiger partial charge in [-0.2, -0.15) is 0 Å². The minimum Gasteiger partial charge on any atom is -0.493 e. The zero-order valence-corrected chi connectivity index (χ0v) is 15.1. The van der Waals surface area contributed by atoms with Gasteiger partial charge in [0.2, 0.25) is 5.91 Å². The third-order valence-electron chi connectivity index (χ3n) is 4.92. The molecule has 4 nitrogen and oxygen atoms in total. The normalized spacial score (nSPS) is 14.6. The van der Waals surface area contributed by atoms with Gasteiger partial charge in [0.05, 0.1) is 14.2 Å². The second-order valence-corrected chi connectivity index (χ2v) is 6.56. The number of ether oxygens (including phenoxy) is 2. The number of nitrogens with zero attached hydrogens (tertiary/aromatic N) is 1. The summed E-state index contributed by atoms with van der Waals surface area (Å²) >= 11 is 0. The van der Waals surface area contributed by atoms with Crippen LogP contribution in [-0.4, -0.2) is 31.6 Å². The molecular weight excluding hydrogens is 314 g/mol. The van der Waals surface area contributed by atoms with Gasteiger partial charge in [-0.05, 0) is 41.2 Å². The van der Waals surface area contributed by atoms with Gasteiger partial charge in [0.1, 0.15) is 0 Å². The summed E-state index contributed by atoms with van der Waals surface area (Å²) in [5.74, 6) is 1.89. The minimum absolute atomic E-state index is 0.205. The molecule has 0 saturated carbocycles. The molecule has 25 heavy (non-hydrogen) atoms. The molecule has 2 aromatic carbocycles. The first-order chi connectivity index (χ1) is 12.1. The molecule has 0 N–H and O–H groups in total. The topological polar surface area (TPSA) is 38.8 Å². The quantitative estimate of drug-likeness (QED) is 0.832. The fourth-order valence-corrected chi connectivity index (χ4v) is 3.39. The Morgan fingerprint density at radius 3 is 2.36 bits per heavy atom. The molecule has 0 aromatic heterocycles. The zero-order valence-electron chi connectivity index (χ0n) is 15.1. The first-order valence-corrected chi connectivity index (χ1v) is 8.69. The third-order valence-corrected chi connectivity index (χ3v) is 4.92. The van der Waals surface area contributed by atoms with Crippen molar-refractivity contribution in [3.8, 4) is 11.5 Å². The lowest BCUT2D eigenvalue weighted by Gasteiger charge is -2.30. The van der Waals surface area contributed by atoms with E-state index in [1.54, 1.807) is 14.2 Å². The highest BCUT2D eigenvalue weighted by molar-refractivity contribution is 5.77. The van der Waals surface area contributed by atoms with E-state index in [0.29, 0.717) is 18.7 Å². The van der Waals surface area contributed by atoms with Gasteiger partial charge >= 0.3 is 0 Å². The molecule has 2 aromatic rings. The van der Waals surface area contributed by atoms with Crippen molar-refractivity contribution in [1.29, 1.82) is 0 Å². The van der Waals surface area contributed by atoms with Crippen molar-refractivity contribution in [3.63, 3.8) is 0 Å². The smallest absolute Gasteiger partial charge is 0.223 e. The summed E-state index contributed by atoms with van der Waals surface area (Å²) in [6.07, 6.45) is 1.38. The summed E-state index contributed by atoms with van der Waals surface area (Å²) in [4.78, 5) is 14.7. The number of rotatable bonds is 5. The molecule has 4 heteroatoms. The maximum atomic E-state index is 12.7. The van der Waals surface area contributed by atoms with Crippen LogP contribution in [-0.2, 0) is 17.8 Å². The molecular formula is C21H25NO3. The van der Waals surface area contributed by atoms with Crippen molar-refractivity contribution in [2.45, 2.75) is 32.2 Å². The number of fused-ring (bicyclic) bond motifs is 1. The van der Waals surface area contributed by atoms with Crippen LogP contribution in [0.5, 0.6) is 11.5 Å². The van der Waals surface area contributed by atoms with Crippen LogP contribution >= 0.6 is 0 Å². The van der Waals surface area contributed by atoms with Crippen LogP contribution in [0.4, 0.5) is 0 Å². The molecule has 132 valence electrons. The number of carbonyl (C=O) groups is 1. The molecule has 1 heterocycles. The molecule has 3 rings (SSSR count). The second kappa shape index (κ2) is 7.60. The molecule has 1 amide bonds. The molecule has 0 saturated heterocycles. The van der Waals surface area contributed by atoms with Crippen LogP contribution in [0, 0.1) is 0 Å². The number of carbonyl (C=O) groups excluding carboxylic acids is 1. The fourth-order valence-electron chi connectivity index (χ4n) is 3.39. The Labute approximate surface area is 149 Å². The first kappa shape index (κ1) is 17.3. The van der Waals surface area contributed by atoms with Gasteiger partial charge in [-0.15, -0.1) is 0 Å². The SMILES string of the molecule is COc1cc2c(cc1OC)CN(C(=O)CC(C)c1ccccc1)CC2. The molecule has 1 aliphatic heterocycles. The lowest BCUT2D eigenvalue weighted by atomic mass is 9.95. The fraction of sp³-hybridized carbons (Fsp3) is 0.381. The van der Waals surface area contributed by atoms with Crippen molar-refractivity contribution in [2.24, 2.45) is 0 Å².